The first-order valence-corrected chi connectivity index (χ1v) is 10.1. The summed E-state index contributed by atoms with van der Waals surface area (Å²) in [5.41, 5.74) is 0.893. The van der Waals surface area contributed by atoms with E-state index >= 15 is 0 Å². The highest BCUT2D eigenvalue weighted by Gasteiger charge is 2.19. The van der Waals surface area contributed by atoms with Crippen molar-refractivity contribution in [2.24, 2.45) is 4.99 Å². The van der Waals surface area contributed by atoms with E-state index < -0.39 is 0 Å². The molecular weight excluding hydrogens is 326 g/mol. The van der Waals surface area contributed by atoms with Crippen molar-refractivity contribution in [3.63, 3.8) is 0 Å². The van der Waals surface area contributed by atoms with Gasteiger partial charge in [-0.3, -0.25) is 0 Å². The SMILES string of the molecule is COc1ccc(OC)c(NC(=NC2CCCCC2)NC2CCCCC2)c1. The number of nitrogens with one attached hydrogen (secondary N) is 2. The number of ether oxygens (including phenoxy) is 2. The van der Waals surface area contributed by atoms with E-state index in [4.69, 9.17) is 14.5 Å². The summed E-state index contributed by atoms with van der Waals surface area (Å²) in [7, 11) is 3.38. The Labute approximate surface area is 157 Å². The molecule has 2 aliphatic rings. The lowest BCUT2D eigenvalue weighted by Crippen LogP contribution is -2.41. The second kappa shape index (κ2) is 9.70. The average molecular weight is 360 g/mol. The van der Waals surface area contributed by atoms with Crippen LogP contribution in [0.2, 0.25) is 0 Å². The molecule has 2 saturated carbocycles. The van der Waals surface area contributed by atoms with Crippen molar-refractivity contribution >= 4 is 11.6 Å². The van der Waals surface area contributed by atoms with Crippen molar-refractivity contribution in [3.05, 3.63) is 18.2 Å². The van der Waals surface area contributed by atoms with Gasteiger partial charge in [0.15, 0.2) is 5.96 Å². The molecule has 0 atom stereocenters. The molecule has 5 heteroatoms. The molecule has 0 heterocycles. The van der Waals surface area contributed by atoms with Gasteiger partial charge in [0.25, 0.3) is 0 Å². The van der Waals surface area contributed by atoms with E-state index in [1.54, 1.807) is 14.2 Å². The number of aliphatic imine (C=N–C) groups is 1. The molecular formula is C21H33N3O2. The van der Waals surface area contributed by atoms with Gasteiger partial charge in [0.05, 0.1) is 25.9 Å². The molecule has 26 heavy (non-hydrogen) atoms. The van der Waals surface area contributed by atoms with Gasteiger partial charge in [0, 0.05) is 12.1 Å². The fourth-order valence-corrected chi connectivity index (χ4v) is 3.98. The van der Waals surface area contributed by atoms with E-state index in [-0.39, 0.29) is 0 Å². The summed E-state index contributed by atoms with van der Waals surface area (Å²) in [4.78, 5) is 5.05. The number of nitrogens with zero attached hydrogens (tertiary/aromatic N) is 1. The highest BCUT2D eigenvalue weighted by Crippen LogP contribution is 2.29. The lowest BCUT2D eigenvalue weighted by molar-refractivity contribution is 0.403. The molecule has 2 fully saturated rings. The second-order valence-corrected chi connectivity index (χ2v) is 7.44. The number of hydrogen-bond acceptors (Lipinski definition) is 3. The van der Waals surface area contributed by atoms with Gasteiger partial charge < -0.3 is 20.1 Å². The predicted molar refractivity (Wildman–Crippen MR) is 107 cm³/mol. The lowest BCUT2D eigenvalue weighted by Gasteiger charge is -2.27. The maximum absolute atomic E-state index is 5.52. The Bertz CT molecular complexity index is 591. The van der Waals surface area contributed by atoms with Gasteiger partial charge in [-0.25, -0.2) is 4.99 Å². The summed E-state index contributed by atoms with van der Waals surface area (Å²) in [6, 6.07) is 6.74. The van der Waals surface area contributed by atoms with Gasteiger partial charge in [-0.1, -0.05) is 38.5 Å². The molecule has 0 radical (unpaired) electrons. The number of guanidine groups is 1. The van der Waals surface area contributed by atoms with Crippen molar-refractivity contribution in [1.29, 1.82) is 0 Å². The number of hydrogen-bond donors (Lipinski definition) is 2. The highest BCUT2D eigenvalue weighted by atomic mass is 16.5. The zero-order valence-corrected chi connectivity index (χ0v) is 16.2. The monoisotopic (exact) mass is 359 g/mol. The number of benzene rings is 1. The van der Waals surface area contributed by atoms with Crippen LogP contribution in [0.5, 0.6) is 11.5 Å². The van der Waals surface area contributed by atoms with Crippen LogP contribution in [0.25, 0.3) is 0 Å². The third-order valence-corrected chi connectivity index (χ3v) is 5.49. The van der Waals surface area contributed by atoms with Crippen LogP contribution in [0.3, 0.4) is 0 Å². The third kappa shape index (κ3) is 5.29. The summed E-state index contributed by atoms with van der Waals surface area (Å²) in [6.45, 7) is 0. The molecule has 0 aliphatic heterocycles. The van der Waals surface area contributed by atoms with Gasteiger partial charge in [-0.2, -0.15) is 0 Å². The minimum atomic E-state index is 0.416. The van der Waals surface area contributed by atoms with Crippen molar-refractivity contribution < 1.29 is 9.47 Å². The van der Waals surface area contributed by atoms with E-state index in [2.05, 4.69) is 10.6 Å². The lowest BCUT2D eigenvalue weighted by atomic mass is 9.95. The van der Waals surface area contributed by atoms with E-state index in [1.807, 2.05) is 18.2 Å². The van der Waals surface area contributed by atoms with Crippen LogP contribution < -0.4 is 20.1 Å². The maximum Gasteiger partial charge on any atom is 0.196 e. The van der Waals surface area contributed by atoms with E-state index in [1.165, 1.54) is 64.2 Å². The minimum absolute atomic E-state index is 0.416. The molecule has 5 nitrogen and oxygen atoms in total. The van der Waals surface area contributed by atoms with Crippen molar-refractivity contribution in [3.8, 4) is 11.5 Å². The fraction of sp³-hybridized carbons (Fsp3) is 0.667. The van der Waals surface area contributed by atoms with Crippen molar-refractivity contribution in [1.82, 2.24) is 5.32 Å². The van der Waals surface area contributed by atoms with Crippen LogP contribution in [0, 0.1) is 0 Å². The molecule has 1 aromatic carbocycles. The summed E-state index contributed by atoms with van der Waals surface area (Å²) < 4.78 is 10.9. The van der Waals surface area contributed by atoms with E-state index in [0.29, 0.717) is 12.1 Å². The maximum atomic E-state index is 5.52. The largest absolute Gasteiger partial charge is 0.497 e. The third-order valence-electron chi connectivity index (χ3n) is 5.49. The molecule has 3 rings (SSSR count). The van der Waals surface area contributed by atoms with Crippen LogP contribution in [0.15, 0.2) is 23.2 Å². The molecule has 0 amide bonds. The standard InChI is InChI=1S/C21H33N3O2/c1-25-18-13-14-20(26-2)19(15-18)24-21(22-16-9-5-3-6-10-16)23-17-11-7-4-8-12-17/h13-17H,3-12H2,1-2H3,(H2,22,23,24). The number of methoxy groups -OCH3 is 2. The predicted octanol–water partition coefficient (Wildman–Crippen LogP) is 4.73. The molecule has 1 aromatic rings. The summed E-state index contributed by atoms with van der Waals surface area (Å²) in [6.07, 6.45) is 12.7. The van der Waals surface area contributed by atoms with E-state index in [9.17, 15) is 0 Å². The Hall–Kier alpha value is -1.91. The van der Waals surface area contributed by atoms with Crippen molar-refractivity contribution in [2.45, 2.75) is 76.3 Å². The van der Waals surface area contributed by atoms with Gasteiger partial charge in [0.2, 0.25) is 0 Å². The Morgan fingerprint density at radius 1 is 0.923 bits per heavy atom. The van der Waals surface area contributed by atoms with Gasteiger partial charge in [-0.15, -0.1) is 0 Å². The smallest absolute Gasteiger partial charge is 0.196 e. The molecule has 0 spiro atoms. The Balaban J connectivity index is 1.78. The van der Waals surface area contributed by atoms with Crippen LogP contribution in [-0.4, -0.2) is 32.3 Å². The summed E-state index contributed by atoms with van der Waals surface area (Å²) in [5.74, 6) is 2.49. The fourth-order valence-electron chi connectivity index (χ4n) is 3.98. The average Bonchev–Trinajstić information content (AvgIpc) is 2.69. The molecule has 2 N–H and O–H groups in total. The van der Waals surface area contributed by atoms with E-state index in [0.717, 1.165) is 23.1 Å². The van der Waals surface area contributed by atoms with Crippen molar-refractivity contribution in [2.75, 3.05) is 19.5 Å². The molecule has 0 saturated heterocycles. The molecule has 0 aromatic heterocycles. The zero-order valence-electron chi connectivity index (χ0n) is 16.2. The van der Waals surface area contributed by atoms with Gasteiger partial charge in [0.1, 0.15) is 11.5 Å². The first-order chi connectivity index (χ1) is 12.8. The normalized spacial score (nSPS) is 19.8. The topological polar surface area (TPSA) is 54.9 Å². The highest BCUT2D eigenvalue weighted by molar-refractivity contribution is 5.95. The second-order valence-electron chi connectivity index (χ2n) is 7.44. The molecule has 0 bridgehead atoms. The van der Waals surface area contributed by atoms with Crippen LogP contribution >= 0.6 is 0 Å². The first-order valence-electron chi connectivity index (χ1n) is 10.1. The van der Waals surface area contributed by atoms with Crippen LogP contribution in [0.4, 0.5) is 5.69 Å². The Kier molecular flexibility index (Phi) is 7.04. The van der Waals surface area contributed by atoms with Crippen LogP contribution in [0.1, 0.15) is 64.2 Å². The Morgan fingerprint density at radius 3 is 2.27 bits per heavy atom. The zero-order chi connectivity index (χ0) is 18.2. The molecule has 2 aliphatic carbocycles. The van der Waals surface area contributed by atoms with Gasteiger partial charge >= 0.3 is 0 Å². The first kappa shape index (κ1) is 18.9. The number of rotatable bonds is 5. The van der Waals surface area contributed by atoms with Crippen LogP contribution in [-0.2, 0) is 0 Å². The number of anilines is 1. The Morgan fingerprint density at radius 2 is 1.62 bits per heavy atom. The summed E-state index contributed by atoms with van der Waals surface area (Å²) >= 11 is 0. The molecule has 144 valence electrons. The quantitative estimate of drug-likeness (QED) is 0.590. The summed E-state index contributed by atoms with van der Waals surface area (Å²) in [5, 5.41) is 7.18. The van der Waals surface area contributed by atoms with Gasteiger partial charge in [-0.05, 0) is 37.8 Å². The molecule has 0 unspecified atom stereocenters. The minimum Gasteiger partial charge on any atom is -0.497 e.